The Morgan fingerprint density at radius 3 is 2.50 bits per heavy atom. The molecule has 0 spiro atoms. The number of hydrogen-bond donors (Lipinski definition) is 0. The van der Waals surface area contributed by atoms with Crippen LogP contribution < -0.4 is 0 Å². The van der Waals surface area contributed by atoms with E-state index in [-0.39, 0.29) is 37.7 Å². The largest absolute Gasteiger partial charge is 0.339 e. The Morgan fingerprint density at radius 2 is 2.10 bits per heavy atom. The summed E-state index contributed by atoms with van der Waals surface area (Å²) in [6.07, 6.45) is 1.97. The van der Waals surface area contributed by atoms with Gasteiger partial charge in [-0.2, -0.15) is 4.89 Å². The van der Waals surface area contributed by atoms with Gasteiger partial charge in [0.25, 0.3) is 0 Å². The molecule has 0 aliphatic carbocycles. The predicted molar refractivity (Wildman–Crippen MR) is 38.4 cm³/mol. The molecule has 3 nitrogen and oxygen atoms in total. The molecule has 0 aromatic carbocycles. The van der Waals surface area contributed by atoms with E-state index in [4.69, 9.17) is 0 Å². The third kappa shape index (κ3) is 11.5. The molecule has 2 radical (unpaired) electrons. The second-order valence-electron chi connectivity index (χ2n) is 1.75. The van der Waals surface area contributed by atoms with E-state index in [2.05, 4.69) is 9.78 Å². The summed E-state index contributed by atoms with van der Waals surface area (Å²) in [4.78, 5) is 18.8. The minimum atomic E-state index is -0.397. The van der Waals surface area contributed by atoms with E-state index >= 15 is 0 Å². The Morgan fingerprint density at radius 1 is 1.50 bits per heavy atom. The molecule has 0 aromatic heterocycles. The molecule has 56 valence electrons. The first-order valence-corrected chi connectivity index (χ1v) is 3.07. The van der Waals surface area contributed by atoms with Gasteiger partial charge >= 0.3 is 5.97 Å². The second-order valence-corrected chi connectivity index (χ2v) is 1.75. The Hall–Kier alpha value is 0.690. The van der Waals surface area contributed by atoms with Crippen molar-refractivity contribution in [2.75, 3.05) is 6.61 Å². The van der Waals surface area contributed by atoms with Crippen LogP contribution in [-0.2, 0) is 14.6 Å². The van der Waals surface area contributed by atoms with E-state index < -0.39 is 5.97 Å². The maximum atomic E-state index is 10.1. The molecule has 0 heterocycles. The number of carbonyl (C=O) groups is 1. The van der Waals surface area contributed by atoms with E-state index in [9.17, 15) is 4.79 Å². The quantitative estimate of drug-likeness (QED) is 0.273. The number of rotatable bonds is 4. The molecular formula is C6H12CaO3. The van der Waals surface area contributed by atoms with Gasteiger partial charge in [0.2, 0.25) is 0 Å². The minimum absolute atomic E-state index is 0. The molecule has 0 unspecified atom stereocenters. The number of unbranched alkanes of at least 4 members (excludes halogenated alkanes) is 1. The van der Waals surface area contributed by atoms with E-state index in [1.54, 1.807) is 0 Å². The molecule has 10 heavy (non-hydrogen) atoms. The zero-order chi connectivity index (χ0) is 7.11. The van der Waals surface area contributed by atoms with Crippen molar-refractivity contribution in [2.45, 2.75) is 26.7 Å². The third-order valence-electron chi connectivity index (χ3n) is 0.758. The van der Waals surface area contributed by atoms with E-state index in [0.717, 1.165) is 12.8 Å². The van der Waals surface area contributed by atoms with Crippen molar-refractivity contribution < 1.29 is 14.6 Å². The van der Waals surface area contributed by atoms with Gasteiger partial charge in [-0.25, -0.2) is 4.79 Å². The fraction of sp³-hybridized carbons (Fsp3) is 0.833. The normalized spacial score (nSPS) is 8.20. The molecule has 0 rings (SSSR count). The zero-order valence-electron chi connectivity index (χ0n) is 6.55. The van der Waals surface area contributed by atoms with Crippen molar-refractivity contribution in [1.29, 1.82) is 0 Å². The Bertz CT molecular complexity index is 85.1. The van der Waals surface area contributed by atoms with Gasteiger partial charge < -0.3 is 0 Å². The summed E-state index contributed by atoms with van der Waals surface area (Å²) in [5.41, 5.74) is 0. The number of carbonyl (C=O) groups excluding carboxylic acids is 1. The molecule has 0 aromatic rings. The molecule has 0 atom stereocenters. The SMILES string of the molecule is CCCCOOC(C)=O.[Ca]. The van der Waals surface area contributed by atoms with Crippen molar-refractivity contribution in [3.63, 3.8) is 0 Å². The Kier molecular flexibility index (Phi) is 12.9. The van der Waals surface area contributed by atoms with Crippen molar-refractivity contribution in [3.05, 3.63) is 0 Å². The monoisotopic (exact) mass is 172 g/mol. The summed E-state index contributed by atoms with van der Waals surface area (Å²) in [5, 5.41) is 0. The summed E-state index contributed by atoms with van der Waals surface area (Å²) in [6.45, 7) is 3.85. The first kappa shape index (κ1) is 13.3. The average Bonchev–Trinajstić information content (AvgIpc) is 1.80. The van der Waals surface area contributed by atoms with Gasteiger partial charge in [0.05, 0.1) is 6.61 Å². The van der Waals surface area contributed by atoms with E-state index in [1.807, 2.05) is 6.92 Å². The Labute approximate surface area is 91.0 Å². The number of hydrogen-bond acceptors (Lipinski definition) is 3. The van der Waals surface area contributed by atoms with E-state index in [0.29, 0.717) is 6.61 Å². The van der Waals surface area contributed by atoms with Crippen LogP contribution in [0.1, 0.15) is 26.7 Å². The molecule has 0 N–H and O–H groups in total. The molecule has 0 bridgehead atoms. The van der Waals surface area contributed by atoms with Gasteiger partial charge in [-0.15, -0.1) is 0 Å². The van der Waals surface area contributed by atoms with Gasteiger partial charge in [0.15, 0.2) is 0 Å². The van der Waals surface area contributed by atoms with Crippen molar-refractivity contribution in [1.82, 2.24) is 0 Å². The summed E-state index contributed by atoms with van der Waals surface area (Å²) in [7, 11) is 0. The molecular weight excluding hydrogens is 160 g/mol. The molecule has 4 heteroatoms. The molecule has 0 saturated heterocycles. The smallest absolute Gasteiger partial charge is 0.299 e. The van der Waals surface area contributed by atoms with Gasteiger partial charge in [0.1, 0.15) is 0 Å². The van der Waals surface area contributed by atoms with Crippen LogP contribution in [0.3, 0.4) is 0 Å². The average molecular weight is 172 g/mol. The zero-order valence-corrected chi connectivity index (χ0v) is 8.76. The molecule has 0 amide bonds. The van der Waals surface area contributed by atoms with Crippen LogP contribution in [0.2, 0.25) is 0 Å². The van der Waals surface area contributed by atoms with Crippen LogP contribution in [0.4, 0.5) is 0 Å². The van der Waals surface area contributed by atoms with Crippen LogP contribution in [-0.4, -0.2) is 50.3 Å². The first-order valence-electron chi connectivity index (χ1n) is 3.07. The van der Waals surface area contributed by atoms with Gasteiger partial charge in [-0.3, -0.25) is 4.89 Å². The van der Waals surface area contributed by atoms with Crippen molar-refractivity contribution in [3.8, 4) is 0 Å². The topological polar surface area (TPSA) is 35.5 Å². The summed E-state index contributed by atoms with van der Waals surface area (Å²) >= 11 is 0. The third-order valence-corrected chi connectivity index (χ3v) is 0.758. The van der Waals surface area contributed by atoms with E-state index in [1.165, 1.54) is 6.92 Å². The first-order chi connectivity index (χ1) is 4.27. The predicted octanol–water partition coefficient (Wildman–Crippen LogP) is 0.900. The van der Waals surface area contributed by atoms with Crippen LogP contribution in [0.25, 0.3) is 0 Å². The van der Waals surface area contributed by atoms with Gasteiger partial charge in [-0.05, 0) is 6.42 Å². The Balaban J connectivity index is 0. The second kappa shape index (κ2) is 9.69. The van der Waals surface area contributed by atoms with Crippen molar-refractivity contribution >= 4 is 43.7 Å². The summed E-state index contributed by atoms with van der Waals surface area (Å²) in [5.74, 6) is -0.397. The fourth-order valence-electron chi connectivity index (χ4n) is 0.328. The van der Waals surface area contributed by atoms with Crippen LogP contribution in [0.5, 0.6) is 0 Å². The molecule has 0 fully saturated rings. The maximum Gasteiger partial charge on any atom is 0.339 e. The van der Waals surface area contributed by atoms with Gasteiger partial charge in [0, 0.05) is 44.7 Å². The van der Waals surface area contributed by atoms with Gasteiger partial charge in [-0.1, -0.05) is 13.3 Å². The van der Waals surface area contributed by atoms with Crippen LogP contribution in [0.15, 0.2) is 0 Å². The molecule has 0 saturated carbocycles. The fourth-order valence-corrected chi connectivity index (χ4v) is 0.328. The van der Waals surface area contributed by atoms with Crippen LogP contribution >= 0.6 is 0 Å². The van der Waals surface area contributed by atoms with Crippen LogP contribution in [0, 0.1) is 0 Å². The maximum absolute atomic E-state index is 10.1. The minimum Gasteiger partial charge on any atom is -0.299 e. The molecule has 0 aliphatic heterocycles. The summed E-state index contributed by atoms with van der Waals surface area (Å²) < 4.78 is 0. The van der Waals surface area contributed by atoms with Crippen molar-refractivity contribution in [2.24, 2.45) is 0 Å². The molecule has 0 aliphatic rings. The standard InChI is InChI=1S/C6H12O3.Ca/c1-3-4-5-8-9-6(2)7;/h3-5H2,1-2H3;. The summed E-state index contributed by atoms with van der Waals surface area (Å²) in [6, 6.07) is 0.